The monoisotopic (exact) mass is 302 g/mol. The number of nitrogens with two attached hydrogens (primary N) is 1. The number of benzene rings is 1. The van der Waals surface area contributed by atoms with Crippen molar-refractivity contribution >= 4 is 34.2 Å². The molecule has 0 aromatic heterocycles. The Kier molecular flexibility index (Phi) is 2.73. The molecule has 0 saturated carbocycles. The quantitative estimate of drug-likeness (QED) is 0.714. The highest BCUT2D eigenvalue weighted by molar-refractivity contribution is 14.1. The highest BCUT2D eigenvalue weighted by Crippen LogP contribution is 2.23. The van der Waals surface area contributed by atoms with E-state index in [-0.39, 0.29) is 11.9 Å². The summed E-state index contributed by atoms with van der Waals surface area (Å²) in [6.45, 7) is 0. The van der Waals surface area contributed by atoms with Gasteiger partial charge in [-0.2, -0.15) is 0 Å². The summed E-state index contributed by atoms with van der Waals surface area (Å²) in [5, 5.41) is 2.83. The molecule has 14 heavy (non-hydrogen) atoms. The number of hydrogen-bond acceptors (Lipinski definition) is 2. The second-order valence-electron chi connectivity index (χ2n) is 3.44. The van der Waals surface area contributed by atoms with E-state index in [0.29, 0.717) is 0 Å². The maximum atomic E-state index is 11.4. The Bertz CT molecular complexity index is 378. The smallest absolute Gasteiger partial charge is 0.241 e. The van der Waals surface area contributed by atoms with Crippen LogP contribution in [0, 0.1) is 3.57 Å². The van der Waals surface area contributed by atoms with Crippen LogP contribution in [-0.4, -0.2) is 11.9 Å². The molecule has 0 bridgehead atoms. The van der Waals surface area contributed by atoms with Crippen LogP contribution in [0.2, 0.25) is 0 Å². The van der Waals surface area contributed by atoms with Crippen molar-refractivity contribution in [3.8, 4) is 0 Å². The van der Waals surface area contributed by atoms with Gasteiger partial charge in [0.1, 0.15) is 0 Å². The van der Waals surface area contributed by atoms with Crippen molar-refractivity contribution in [3.05, 3.63) is 27.3 Å². The van der Waals surface area contributed by atoms with Crippen molar-refractivity contribution in [2.24, 2.45) is 5.73 Å². The van der Waals surface area contributed by atoms with Gasteiger partial charge in [-0.15, -0.1) is 0 Å². The molecule has 0 radical (unpaired) electrons. The van der Waals surface area contributed by atoms with Gasteiger partial charge in [-0.1, -0.05) is 0 Å². The summed E-state index contributed by atoms with van der Waals surface area (Å²) in [6.07, 6.45) is 1.59. The highest BCUT2D eigenvalue weighted by Gasteiger charge is 2.19. The van der Waals surface area contributed by atoms with Gasteiger partial charge in [-0.05, 0) is 59.2 Å². The maximum absolute atomic E-state index is 11.4. The second-order valence-corrected chi connectivity index (χ2v) is 4.68. The number of fused-ring (bicyclic) bond motifs is 1. The second kappa shape index (κ2) is 3.86. The van der Waals surface area contributed by atoms with Crippen molar-refractivity contribution in [1.82, 2.24) is 0 Å². The van der Waals surface area contributed by atoms with Crippen LogP contribution in [0.3, 0.4) is 0 Å². The molecule has 3 nitrogen and oxygen atoms in total. The van der Waals surface area contributed by atoms with E-state index in [2.05, 4.69) is 34.0 Å². The van der Waals surface area contributed by atoms with Crippen LogP contribution in [0.5, 0.6) is 0 Å². The van der Waals surface area contributed by atoms with Gasteiger partial charge in [0.2, 0.25) is 5.91 Å². The van der Waals surface area contributed by atoms with Gasteiger partial charge >= 0.3 is 0 Å². The molecule has 0 aliphatic carbocycles. The van der Waals surface area contributed by atoms with Gasteiger partial charge in [0.15, 0.2) is 0 Å². The molecule has 2 rings (SSSR count). The number of amides is 1. The summed E-state index contributed by atoms with van der Waals surface area (Å²) >= 11 is 2.27. The molecule has 74 valence electrons. The molecule has 1 aromatic carbocycles. The predicted molar refractivity (Wildman–Crippen MR) is 64.1 cm³/mol. The molecular formula is C10H11IN2O. The van der Waals surface area contributed by atoms with E-state index in [1.54, 1.807) is 0 Å². The first kappa shape index (κ1) is 9.92. The Hall–Kier alpha value is -0.620. The lowest BCUT2D eigenvalue weighted by Gasteiger charge is -2.07. The molecular weight excluding hydrogens is 291 g/mol. The summed E-state index contributed by atoms with van der Waals surface area (Å²) in [7, 11) is 0. The van der Waals surface area contributed by atoms with Crippen molar-refractivity contribution in [1.29, 1.82) is 0 Å². The Balaban J connectivity index is 2.37. The van der Waals surface area contributed by atoms with Gasteiger partial charge in [0.05, 0.1) is 6.04 Å². The van der Waals surface area contributed by atoms with Gasteiger partial charge < -0.3 is 11.1 Å². The van der Waals surface area contributed by atoms with Gasteiger partial charge in [0, 0.05) is 9.26 Å². The third-order valence-corrected chi connectivity index (χ3v) is 3.06. The molecule has 0 unspecified atom stereocenters. The van der Waals surface area contributed by atoms with E-state index in [4.69, 9.17) is 5.73 Å². The predicted octanol–water partition coefficient (Wildman–Crippen LogP) is 1.50. The first-order chi connectivity index (χ1) is 6.66. The van der Waals surface area contributed by atoms with Crippen LogP contribution >= 0.6 is 22.6 Å². The largest absolute Gasteiger partial charge is 0.324 e. The number of nitrogens with one attached hydrogen (secondary N) is 1. The first-order valence-corrected chi connectivity index (χ1v) is 5.59. The van der Waals surface area contributed by atoms with Crippen molar-refractivity contribution < 1.29 is 4.79 Å². The van der Waals surface area contributed by atoms with Gasteiger partial charge in [-0.3, -0.25) is 4.79 Å². The zero-order valence-electron chi connectivity index (χ0n) is 7.59. The number of carbonyl (C=O) groups is 1. The normalized spacial score (nSPS) is 21.0. The maximum Gasteiger partial charge on any atom is 0.241 e. The van der Waals surface area contributed by atoms with Crippen LogP contribution in [0.15, 0.2) is 18.2 Å². The molecule has 1 amide bonds. The average molecular weight is 302 g/mol. The molecule has 1 aliphatic heterocycles. The topological polar surface area (TPSA) is 55.1 Å². The summed E-state index contributed by atoms with van der Waals surface area (Å²) < 4.78 is 1.19. The van der Waals surface area contributed by atoms with E-state index in [0.717, 1.165) is 18.5 Å². The first-order valence-electron chi connectivity index (χ1n) is 4.51. The number of rotatable bonds is 0. The number of hydrogen-bond donors (Lipinski definition) is 2. The summed E-state index contributed by atoms with van der Waals surface area (Å²) in [6, 6.07) is 5.64. The zero-order chi connectivity index (χ0) is 10.1. The van der Waals surface area contributed by atoms with Crippen molar-refractivity contribution in [3.63, 3.8) is 0 Å². The van der Waals surface area contributed by atoms with Crippen molar-refractivity contribution in [2.75, 3.05) is 5.32 Å². The van der Waals surface area contributed by atoms with Gasteiger partial charge in [0.25, 0.3) is 0 Å². The average Bonchev–Trinajstić information content (AvgIpc) is 2.29. The number of carbonyl (C=O) groups excluding carboxylic acids is 1. The molecule has 1 aliphatic rings. The van der Waals surface area contributed by atoms with Gasteiger partial charge in [-0.25, -0.2) is 0 Å². The highest BCUT2D eigenvalue weighted by atomic mass is 127. The lowest BCUT2D eigenvalue weighted by Crippen LogP contribution is -2.34. The molecule has 1 atom stereocenters. The van der Waals surface area contributed by atoms with E-state index in [1.807, 2.05) is 12.1 Å². The molecule has 1 aromatic rings. The minimum absolute atomic E-state index is 0.0787. The minimum Gasteiger partial charge on any atom is -0.324 e. The van der Waals surface area contributed by atoms with E-state index < -0.39 is 0 Å². The molecule has 4 heteroatoms. The molecule has 1 heterocycles. The lowest BCUT2D eigenvalue weighted by molar-refractivity contribution is -0.117. The Morgan fingerprint density at radius 1 is 1.50 bits per heavy atom. The summed E-state index contributed by atoms with van der Waals surface area (Å²) in [4.78, 5) is 11.4. The van der Waals surface area contributed by atoms with E-state index >= 15 is 0 Å². The lowest BCUT2D eigenvalue weighted by atomic mass is 10.1. The van der Waals surface area contributed by atoms with Crippen LogP contribution in [0.1, 0.15) is 12.0 Å². The zero-order valence-corrected chi connectivity index (χ0v) is 9.74. The minimum atomic E-state index is -0.375. The van der Waals surface area contributed by atoms with E-state index in [1.165, 1.54) is 9.13 Å². The molecule has 0 fully saturated rings. The third-order valence-electron chi connectivity index (χ3n) is 2.39. The van der Waals surface area contributed by atoms with Crippen LogP contribution in [0.4, 0.5) is 5.69 Å². The fraction of sp³-hybridized carbons (Fsp3) is 0.300. The third kappa shape index (κ3) is 1.90. The number of aryl methyl sites for hydroxylation is 1. The Morgan fingerprint density at radius 2 is 2.29 bits per heavy atom. The van der Waals surface area contributed by atoms with Crippen LogP contribution < -0.4 is 11.1 Å². The Morgan fingerprint density at radius 3 is 3.07 bits per heavy atom. The number of anilines is 1. The molecule has 0 spiro atoms. The summed E-state index contributed by atoms with van der Waals surface area (Å²) in [5.41, 5.74) is 7.77. The standard InChI is InChI=1S/C10H11IN2O/c11-7-2-4-9-6(5-7)1-3-8(12)10(14)13-9/h2,4-5,8H,1,3,12H2,(H,13,14)/t8-/m1/s1. The fourth-order valence-corrected chi connectivity index (χ4v) is 2.11. The fourth-order valence-electron chi connectivity index (χ4n) is 1.56. The van der Waals surface area contributed by atoms with Crippen LogP contribution in [0.25, 0.3) is 0 Å². The Labute approximate surface area is 96.2 Å². The van der Waals surface area contributed by atoms with Crippen LogP contribution in [-0.2, 0) is 11.2 Å². The SMILES string of the molecule is N[C@@H]1CCc2cc(I)ccc2NC1=O. The van der Waals surface area contributed by atoms with Crippen molar-refractivity contribution in [2.45, 2.75) is 18.9 Å². The van der Waals surface area contributed by atoms with E-state index in [9.17, 15) is 4.79 Å². The molecule has 3 N–H and O–H groups in total. The summed E-state index contributed by atoms with van der Waals surface area (Å²) in [5.74, 6) is -0.0787. The molecule has 0 saturated heterocycles. The number of halogens is 1.